The van der Waals surface area contributed by atoms with Gasteiger partial charge in [0, 0.05) is 12.1 Å². The van der Waals surface area contributed by atoms with Gasteiger partial charge in [-0.05, 0) is 27.7 Å². The largest absolute Gasteiger partial charge is 0.282 e. The lowest BCUT2D eigenvalue weighted by Crippen LogP contribution is -2.32. The highest BCUT2D eigenvalue weighted by molar-refractivity contribution is 7.82. The minimum absolute atomic E-state index is 0.156. The van der Waals surface area contributed by atoms with E-state index in [0.717, 1.165) is 0 Å². The third kappa shape index (κ3) is 4.37. The van der Waals surface area contributed by atoms with Crippen molar-refractivity contribution in [1.82, 2.24) is 4.67 Å². The van der Waals surface area contributed by atoms with Gasteiger partial charge in [0.05, 0.1) is 13.6 Å². The standard InChI is InChI=1S/C9H16ClN2OP/c1-7(2)12(8(3)4)14(10)6-9(13)5-11/h7-8H,6H2,1-4H3. The van der Waals surface area contributed by atoms with E-state index in [-0.39, 0.29) is 6.16 Å². The van der Waals surface area contributed by atoms with Crippen LogP contribution in [0.5, 0.6) is 0 Å². The molecule has 0 saturated carbocycles. The van der Waals surface area contributed by atoms with Crippen LogP contribution in [0.3, 0.4) is 0 Å². The van der Waals surface area contributed by atoms with E-state index in [1.54, 1.807) is 6.07 Å². The summed E-state index contributed by atoms with van der Waals surface area (Å²) in [5, 5.41) is 8.38. The average Bonchev–Trinajstić information content (AvgIpc) is 2.02. The van der Waals surface area contributed by atoms with Crippen molar-refractivity contribution >= 4 is 24.4 Å². The summed E-state index contributed by atoms with van der Waals surface area (Å²) in [6, 6.07) is 2.19. The Labute approximate surface area is 91.6 Å². The molecule has 14 heavy (non-hydrogen) atoms. The summed E-state index contributed by atoms with van der Waals surface area (Å²) in [6.45, 7) is 8.15. The van der Waals surface area contributed by atoms with E-state index in [9.17, 15) is 4.79 Å². The van der Waals surface area contributed by atoms with Gasteiger partial charge in [-0.15, -0.1) is 0 Å². The van der Waals surface area contributed by atoms with Crippen LogP contribution in [-0.4, -0.2) is 28.7 Å². The molecule has 0 N–H and O–H groups in total. The van der Waals surface area contributed by atoms with Crippen LogP contribution in [0.4, 0.5) is 0 Å². The maximum atomic E-state index is 10.9. The maximum Gasteiger partial charge on any atom is 0.238 e. The van der Waals surface area contributed by atoms with Crippen LogP contribution in [0.1, 0.15) is 27.7 Å². The molecule has 5 heteroatoms. The van der Waals surface area contributed by atoms with Crippen molar-refractivity contribution < 1.29 is 4.79 Å². The highest BCUT2D eigenvalue weighted by Gasteiger charge is 2.24. The SMILES string of the molecule is CC(C)N(C(C)C)P(Cl)CC(=O)C#N. The van der Waals surface area contributed by atoms with Crippen LogP contribution >= 0.6 is 18.7 Å². The fraction of sp³-hybridized carbons (Fsp3) is 0.778. The molecule has 0 saturated heterocycles. The molecule has 3 nitrogen and oxygen atoms in total. The summed E-state index contributed by atoms with van der Waals surface area (Å²) in [7, 11) is -1.03. The number of ketones is 1. The molecule has 0 aromatic heterocycles. The third-order valence-corrected chi connectivity index (χ3v) is 4.56. The fourth-order valence-corrected chi connectivity index (χ4v) is 4.18. The number of rotatable bonds is 5. The van der Waals surface area contributed by atoms with Gasteiger partial charge >= 0.3 is 0 Å². The first-order valence-corrected chi connectivity index (χ1v) is 6.93. The predicted molar refractivity (Wildman–Crippen MR) is 60.4 cm³/mol. The third-order valence-electron chi connectivity index (χ3n) is 1.71. The number of halogens is 1. The lowest BCUT2D eigenvalue weighted by Gasteiger charge is -2.33. The van der Waals surface area contributed by atoms with Gasteiger partial charge in [0.15, 0.2) is 0 Å². The van der Waals surface area contributed by atoms with Crippen molar-refractivity contribution in [1.29, 1.82) is 5.26 Å². The number of nitrogens with zero attached hydrogens (tertiary/aromatic N) is 2. The van der Waals surface area contributed by atoms with E-state index in [0.29, 0.717) is 12.1 Å². The first kappa shape index (κ1) is 13.8. The topological polar surface area (TPSA) is 44.1 Å². The van der Waals surface area contributed by atoms with Gasteiger partial charge in [0.1, 0.15) is 6.07 Å². The molecule has 0 aromatic rings. The fourth-order valence-electron chi connectivity index (χ4n) is 1.33. The highest BCUT2D eigenvalue weighted by Crippen LogP contribution is 2.47. The summed E-state index contributed by atoms with van der Waals surface area (Å²) < 4.78 is 2.08. The van der Waals surface area contributed by atoms with Gasteiger partial charge in [-0.25, -0.2) is 0 Å². The molecule has 0 aromatic carbocycles. The molecule has 80 valence electrons. The Morgan fingerprint density at radius 3 is 2.14 bits per heavy atom. The number of Topliss-reactive ketones (excluding diaryl/α,β-unsaturated/α-hetero) is 1. The number of hydrogen-bond donors (Lipinski definition) is 0. The molecule has 0 aliphatic carbocycles. The molecule has 1 atom stereocenters. The molecule has 0 bridgehead atoms. The van der Waals surface area contributed by atoms with E-state index >= 15 is 0 Å². The Morgan fingerprint density at radius 2 is 1.86 bits per heavy atom. The smallest absolute Gasteiger partial charge is 0.238 e. The molecule has 0 rings (SSSR count). The normalized spacial score (nSPS) is 13.4. The zero-order valence-electron chi connectivity index (χ0n) is 8.99. The minimum Gasteiger partial charge on any atom is -0.282 e. The molecule has 0 amide bonds. The van der Waals surface area contributed by atoms with Gasteiger partial charge in [0.25, 0.3) is 0 Å². The lowest BCUT2D eigenvalue weighted by molar-refractivity contribution is -0.111. The predicted octanol–water partition coefficient (Wildman–Crippen LogP) is 2.75. The van der Waals surface area contributed by atoms with E-state index < -0.39 is 13.2 Å². The summed E-state index contributed by atoms with van der Waals surface area (Å²) in [6.07, 6.45) is 0.156. The van der Waals surface area contributed by atoms with Crippen LogP contribution in [0.15, 0.2) is 0 Å². The molecular weight excluding hydrogens is 219 g/mol. The molecule has 0 aliphatic heterocycles. The minimum atomic E-state index is -1.03. The molecule has 0 heterocycles. The molecule has 0 radical (unpaired) electrons. The first-order valence-electron chi connectivity index (χ1n) is 4.54. The molecule has 1 unspecified atom stereocenters. The number of hydrogen-bond acceptors (Lipinski definition) is 3. The summed E-state index contributed by atoms with van der Waals surface area (Å²) in [4.78, 5) is 10.9. The monoisotopic (exact) mass is 234 g/mol. The first-order chi connectivity index (χ1) is 6.40. The van der Waals surface area contributed by atoms with Crippen molar-refractivity contribution in [2.75, 3.05) is 6.16 Å². The van der Waals surface area contributed by atoms with Gasteiger partial charge in [-0.2, -0.15) is 5.26 Å². The second kappa shape index (κ2) is 6.35. The Hall–Kier alpha value is -0.160. The van der Waals surface area contributed by atoms with E-state index in [2.05, 4.69) is 4.67 Å². The van der Waals surface area contributed by atoms with Crippen molar-refractivity contribution in [2.45, 2.75) is 39.8 Å². The van der Waals surface area contributed by atoms with Gasteiger partial charge in [-0.3, -0.25) is 9.46 Å². The second-order valence-corrected chi connectivity index (χ2v) is 6.22. The maximum absolute atomic E-state index is 10.9. The van der Waals surface area contributed by atoms with E-state index in [1.165, 1.54) is 0 Å². The van der Waals surface area contributed by atoms with Crippen molar-refractivity contribution in [3.63, 3.8) is 0 Å². The summed E-state index contributed by atoms with van der Waals surface area (Å²) >= 11 is 6.13. The van der Waals surface area contributed by atoms with Gasteiger partial charge in [-0.1, -0.05) is 11.2 Å². The second-order valence-electron chi connectivity index (χ2n) is 3.60. The number of carbonyl (C=O) groups excluding carboxylic acids is 1. The quantitative estimate of drug-likeness (QED) is 0.543. The van der Waals surface area contributed by atoms with E-state index in [4.69, 9.17) is 16.5 Å². The highest BCUT2D eigenvalue weighted by atomic mass is 35.7. The molecular formula is C9H16ClN2OP. The van der Waals surface area contributed by atoms with Crippen LogP contribution < -0.4 is 0 Å². The van der Waals surface area contributed by atoms with Crippen molar-refractivity contribution in [3.05, 3.63) is 0 Å². The molecule has 0 aliphatic rings. The summed E-state index contributed by atoms with van der Waals surface area (Å²) in [5.74, 6) is -0.433. The van der Waals surface area contributed by atoms with Crippen LogP contribution in [0.25, 0.3) is 0 Å². The zero-order chi connectivity index (χ0) is 11.3. The Kier molecular flexibility index (Phi) is 6.27. The lowest BCUT2D eigenvalue weighted by atomic mass is 10.3. The molecule has 0 spiro atoms. The van der Waals surface area contributed by atoms with Gasteiger partial charge < -0.3 is 0 Å². The van der Waals surface area contributed by atoms with Crippen LogP contribution in [-0.2, 0) is 4.79 Å². The zero-order valence-corrected chi connectivity index (χ0v) is 10.6. The Morgan fingerprint density at radius 1 is 1.43 bits per heavy atom. The number of nitriles is 1. The Balaban J connectivity index is 4.39. The summed E-state index contributed by atoms with van der Waals surface area (Å²) in [5.41, 5.74) is 0. The van der Waals surface area contributed by atoms with Crippen molar-refractivity contribution in [3.8, 4) is 6.07 Å². The number of carbonyl (C=O) groups is 1. The van der Waals surface area contributed by atoms with Crippen LogP contribution in [0, 0.1) is 11.3 Å². The average molecular weight is 235 g/mol. The van der Waals surface area contributed by atoms with Gasteiger partial charge in [0.2, 0.25) is 5.78 Å². The Bertz CT molecular complexity index is 229. The van der Waals surface area contributed by atoms with Crippen molar-refractivity contribution in [2.24, 2.45) is 0 Å². The molecule has 0 fully saturated rings. The van der Waals surface area contributed by atoms with Crippen LogP contribution in [0.2, 0.25) is 0 Å². The van der Waals surface area contributed by atoms with E-state index in [1.807, 2.05) is 27.7 Å².